The number of piperidine rings is 2. The van der Waals surface area contributed by atoms with Gasteiger partial charge in [-0.2, -0.15) is 17.4 Å². The first kappa shape index (κ1) is 19.3. The van der Waals surface area contributed by atoms with E-state index in [9.17, 15) is 17.6 Å². The van der Waals surface area contributed by atoms with E-state index in [2.05, 4.69) is 4.72 Å². The zero-order valence-corrected chi connectivity index (χ0v) is 15.8. The van der Waals surface area contributed by atoms with Gasteiger partial charge in [-0.1, -0.05) is 18.6 Å². The van der Waals surface area contributed by atoms with Crippen molar-refractivity contribution in [1.82, 2.24) is 13.9 Å². The quantitative estimate of drug-likeness (QED) is 0.866. The molecular formula is C18H26FN3O3S. The highest BCUT2D eigenvalue weighted by Gasteiger charge is 2.33. The van der Waals surface area contributed by atoms with Gasteiger partial charge in [0.25, 0.3) is 16.1 Å². The molecule has 2 aliphatic heterocycles. The molecule has 6 nitrogen and oxygen atoms in total. The third kappa shape index (κ3) is 4.24. The summed E-state index contributed by atoms with van der Waals surface area (Å²) in [6.45, 7) is 3.32. The molecule has 8 heteroatoms. The van der Waals surface area contributed by atoms with Crippen LogP contribution in [0, 0.1) is 5.82 Å². The molecule has 0 radical (unpaired) electrons. The van der Waals surface area contributed by atoms with Crippen LogP contribution in [0.2, 0.25) is 0 Å². The summed E-state index contributed by atoms with van der Waals surface area (Å²) in [5.41, 5.74) is 0.0636. The standard InChI is InChI=1S/C18H26FN3O3S/c1-14-6-4-5-11-22(14)26(24,25)20-15-9-12-21(13-10-15)18(23)16-7-2-3-8-17(16)19/h2-3,7-8,14-15,20H,4-6,9-13H2,1H3/t14-/m1/s1. The monoisotopic (exact) mass is 383 g/mol. The Hall–Kier alpha value is -1.51. The summed E-state index contributed by atoms with van der Waals surface area (Å²) in [4.78, 5) is 14.0. The Morgan fingerprint density at radius 3 is 2.46 bits per heavy atom. The molecule has 1 aromatic carbocycles. The number of hydrogen-bond donors (Lipinski definition) is 1. The number of halogens is 1. The topological polar surface area (TPSA) is 69.7 Å². The number of nitrogens with zero attached hydrogens (tertiary/aromatic N) is 2. The minimum Gasteiger partial charge on any atom is -0.338 e. The number of amides is 1. The van der Waals surface area contributed by atoms with E-state index in [1.165, 1.54) is 12.1 Å². The van der Waals surface area contributed by atoms with Crippen molar-refractivity contribution >= 4 is 16.1 Å². The summed E-state index contributed by atoms with van der Waals surface area (Å²) in [5, 5.41) is 0. The summed E-state index contributed by atoms with van der Waals surface area (Å²) in [6.07, 6.45) is 3.89. The van der Waals surface area contributed by atoms with Gasteiger partial charge in [-0.3, -0.25) is 4.79 Å². The predicted octanol–water partition coefficient (Wildman–Crippen LogP) is 2.14. The average molecular weight is 383 g/mol. The van der Waals surface area contributed by atoms with Crippen LogP contribution in [0.15, 0.2) is 24.3 Å². The number of hydrogen-bond acceptors (Lipinski definition) is 3. The lowest BCUT2D eigenvalue weighted by molar-refractivity contribution is 0.0706. The van der Waals surface area contributed by atoms with Crippen molar-refractivity contribution in [2.75, 3.05) is 19.6 Å². The van der Waals surface area contributed by atoms with E-state index in [0.717, 1.165) is 19.3 Å². The molecule has 2 fully saturated rings. The molecule has 1 N–H and O–H groups in total. The lowest BCUT2D eigenvalue weighted by Crippen LogP contribution is -2.53. The molecule has 2 saturated heterocycles. The Labute approximate surface area is 154 Å². The number of carbonyl (C=O) groups is 1. The van der Waals surface area contributed by atoms with E-state index in [-0.39, 0.29) is 23.6 Å². The fourth-order valence-electron chi connectivity index (χ4n) is 3.71. The van der Waals surface area contributed by atoms with E-state index in [1.807, 2.05) is 6.92 Å². The Kier molecular flexibility index (Phi) is 5.94. The van der Waals surface area contributed by atoms with Crippen LogP contribution in [-0.2, 0) is 10.2 Å². The number of rotatable bonds is 4. The molecule has 2 heterocycles. The van der Waals surface area contributed by atoms with E-state index in [4.69, 9.17) is 0 Å². The van der Waals surface area contributed by atoms with Crippen molar-refractivity contribution in [3.63, 3.8) is 0 Å². The lowest BCUT2D eigenvalue weighted by atomic mass is 10.0. The molecule has 0 bridgehead atoms. The van der Waals surface area contributed by atoms with Crippen molar-refractivity contribution in [1.29, 1.82) is 0 Å². The van der Waals surface area contributed by atoms with E-state index >= 15 is 0 Å². The van der Waals surface area contributed by atoms with E-state index in [0.29, 0.717) is 32.5 Å². The molecule has 1 atom stereocenters. The number of carbonyl (C=O) groups excluding carboxylic acids is 1. The SMILES string of the molecule is C[C@@H]1CCCCN1S(=O)(=O)NC1CCN(C(=O)c2ccccc2F)CC1. The van der Waals surface area contributed by atoms with Gasteiger partial charge in [0.1, 0.15) is 5.82 Å². The summed E-state index contributed by atoms with van der Waals surface area (Å²) < 4.78 is 43.4. The van der Waals surface area contributed by atoms with Crippen molar-refractivity contribution < 1.29 is 17.6 Å². The van der Waals surface area contributed by atoms with Crippen LogP contribution in [0.5, 0.6) is 0 Å². The van der Waals surface area contributed by atoms with Gasteiger partial charge < -0.3 is 4.90 Å². The van der Waals surface area contributed by atoms with Crippen LogP contribution in [0.4, 0.5) is 4.39 Å². The first-order chi connectivity index (χ1) is 12.4. The van der Waals surface area contributed by atoms with E-state index in [1.54, 1.807) is 21.3 Å². The van der Waals surface area contributed by atoms with Gasteiger partial charge in [-0.25, -0.2) is 4.39 Å². The maximum atomic E-state index is 13.8. The third-order valence-corrected chi connectivity index (χ3v) is 7.04. The van der Waals surface area contributed by atoms with Crippen molar-refractivity contribution in [3.05, 3.63) is 35.6 Å². The molecule has 0 spiro atoms. The highest BCUT2D eigenvalue weighted by molar-refractivity contribution is 7.87. The molecule has 144 valence electrons. The van der Waals surface area contributed by atoms with Crippen LogP contribution < -0.4 is 4.72 Å². The first-order valence-corrected chi connectivity index (χ1v) is 10.7. The Morgan fingerprint density at radius 2 is 1.81 bits per heavy atom. The fraction of sp³-hybridized carbons (Fsp3) is 0.611. The van der Waals surface area contributed by atoms with Gasteiger partial charge in [0.05, 0.1) is 5.56 Å². The Morgan fingerprint density at radius 1 is 1.12 bits per heavy atom. The third-order valence-electron chi connectivity index (χ3n) is 5.25. The molecule has 3 rings (SSSR count). The predicted molar refractivity (Wildman–Crippen MR) is 97.4 cm³/mol. The second-order valence-corrected chi connectivity index (χ2v) is 8.78. The summed E-state index contributed by atoms with van der Waals surface area (Å²) in [7, 11) is -3.51. The maximum Gasteiger partial charge on any atom is 0.279 e. The van der Waals surface area contributed by atoms with Crippen molar-refractivity contribution in [2.24, 2.45) is 0 Å². The minimum atomic E-state index is -3.51. The largest absolute Gasteiger partial charge is 0.338 e. The molecule has 2 aliphatic rings. The van der Waals surface area contributed by atoms with Gasteiger partial charge in [-0.05, 0) is 44.7 Å². The van der Waals surface area contributed by atoms with E-state index < -0.39 is 16.0 Å². The van der Waals surface area contributed by atoms with Crippen molar-refractivity contribution in [2.45, 2.75) is 51.1 Å². The Balaban J connectivity index is 1.57. The van der Waals surface area contributed by atoms with Gasteiger partial charge >= 0.3 is 0 Å². The number of nitrogens with one attached hydrogen (secondary N) is 1. The van der Waals surface area contributed by atoms with Crippen LogP contribution in [-0.4, -0.2) is 55.2 Å². The number of benzene rings is 1. The average Bonchev–Trinajstić information content (AvgIpc) is 2.62. The highest BCUT2D eigenvalue weighted by atomic mass is 32.2. The Bertz CT molecular complexity index is 748. The minimum absolute atomic E-state index is 0.0176. The summed E-state index contributed by atoms with van der Waals surface area (Å²) in [5.74, 6) is -0.867. The lowest BCUT2D eigenvalue weighted by Gasteiger charge is -2.36. The molecule has 26 heavy (non-hydrogen) atoms. The number of likely N-dealkylation sites (tertiary alicyclic amines) is 1. The molecule has 1 amide bonds. The molecule has 1 aromatic rings. The molecule has 0 unspecified atom stereocenters. The maximum absolute atomic E-state index is 13.8. The second-order valence-electron chi connectivity index (χ2n) is 7.12. The summed E-state index contributed by atoms with van der Waals surface area (Å²) in [6, 6.07) is 5.76. The van der Waals surface area contributed by atoms with Gasteiger partial charge in [0, 0.05) is 31.7 Å². The first-order valence-electron chi connectivity index (χ1n) is 9.21. The smallest absolute Gasteiger partial charge is 0.279 e. The molecule has 0 saturated carbocycles. The van der Waals surface area contributed by atoms with Gasteiger partial charge in [-0.15, -0.1) is 0 Å². The zero-order chi connectivity index (χ0) is 18.7. The molecule has 0 aromatic heterocycles. The summed E-state index contributed by atoms with van der Waals surface area (Å²) >= 11 is 0. The molecular weight excluding hydrogens is 357 g/mol. The van der Waals surface area contributed by atoms with Crippen LogP contribution >= 0.6 is 0 Å². The zero-order valence-electron chi connectivity index (χ0n) is 15.0. The van der Waals surface area contributed by atoms with Gasteiger partial charge in [0.2, 0.25) is 0 Å². The van der Waals surface area contributed by atoms with Crippen LogP contribution in [0.3, 0.4) is 0 Å². The van der Waals surface area contributed by atoms with Crippen LogP contribution in [0.25, 0.3) is 0 Å². The fourth-order valence-corrected chi connectivity index (χ4v) is 5.45. The van der Waals surface area contributed by atoms with Crippen molar-refractivity contribution in [3.8, 4) is 0 Å². The second kappa shape index (κ2) is 8.02. The highest BCUT2D eigenvalue weighted by Crippen LogP contribution is 2.21. The molecule has 0 aliphatic carbocycles. The normalized spacial score (nSPS) is 23.2. The van der Waals surface area contributed by atoms with Gasteiger partial charge in [0.15, 0.2) is 0 Å². The van der Waals surface area contributed by atoms with Crippen LogP contribution in [0.1, 0.15) is 49.4 Å².